The molecule has 0 N–H and O–H groups in total. The van der Waals surface area contributed by atoms with Crippen molar-refractivity contribution in [1.29, 1.82) is 0 Å². The largest absolute Gasteiger partial charge is 0.273 e. The molecule has 1 aromatic heterocycles. The number of halogens is 1. The first-order chi connectivity index (χ1) is 9.59. The summed E-state index contributed by atoms with van der Waals surface area (Å²) in [5.41, 5.74) is 1.94. The van der Waals surface area contributed by atoms with E-state index in [-0.39, 0.29) is 0 Å². The second kappa shape index (κ2) is 5.50. The van der Waals surface area contributed by atoms with Crippen LogP contribution < -0.4 is 4.31 Å². The van der Waals surface area contributed by atoms with Crippen LogP contribution in [0.1, 0.15) is 18.4 Å². The zero-order valence-electron chi connectivity index (χ0n) is 10.8. The van der Waals surface area contributed by atoms with Crippen molar-refractivity contribution in [2.75, 3.05) is 10.8 Å². The normalized spacial score (nSPS) is 15.8. The summed E-state index contributed by atoms with van der Waals surface area (Å²) >= 11 is 4.59. The Kier molecular flexibility index (Phi) is 3.88. The average molecular weight is 372 g/mol. The molecule has 0 atom stereocenters. The van der Waals surface area contributed by atoms with E-state index in [0.717, 1.165) is 34.3 Å². The number of anilines is 1. The average Bonchev–Trinajstić information content (AvgIpc) is 2.75. The van der Waals surface area contributed by atoms with Gasteiger partial charge in [0, 0.05) is 6.54 Å². The Morgan fingerprint density at radius 3 is 2.65 bits per heavy atom. The summed E-state index contributed by atoms with van der Waals surface area (Å²) in [5.74, 6) is 0. The first kappa shape index (κ1) is 14.1. The first-order valence-electron chi connectivity index (χ1n) is 6.45. The van der Waals surface area contributed by atoms with Crippen LogP contribution in [0.3, 0.4) is 0 Å². The van der Waals surface area contributed by atoms with E-state index in [2.05, 4.69) is 15.9 Å². The molecule has 0 amide bonds. The van der Waals surface area contributed by atoms with Crippen molar-refractivity contribution in [2.24, 2.45) is 0 Å². The van der Waals surface area contributed by atoms with Gasteiger partial charge < -0.3 is 0 Å². The summed E-state index contributed by atoms with van der Waals surface area (Å²) in [6.45, 7) is 0.550. The Morgan fingerprint density at radius 2 is 1.90 bits per heavy atom. The predicted molar refractivity (Wildman–Crippen MR) is 85.9 cm³/mol. The zero-order valence-corrected chi connectivity index (χ0v) is 14.0. The molecule has 0 saturated heterocycles. The fourth-order valence-corrected chi connectivity index (χ4v) is 6.12. The Bertz CT molecular complexity index is 724. The van der Waals surface area contributed by atoms with Crippen LogP contribution in [0.4, 0.5) is 5.69 Å². The molecule has 0 spiro atoms. The van der Waals surface area contributed by atoms with Crippen LogP contribution in [-0.2, 0) is 16.4 Å². The van der Waals surface area contributed by atoms with Gasteiger partial charge in [0.2, 0.25) is 0 Å². The minimum absolute atomic E-state index is 0.390. The Hall–Kier alpha value is -0.850. The maximum absolute atomic E-state index is 12.8. The van der Waals surface area contributed by atoms with Gasteiger partial charge in [-0.05, 0) is 59.0 Å². The van der Waals surface area contributed by atoms with Crippen LogP contribution in [0, 0.1) is 0 Å². The predicted octanol–water partition coefficient (Wildman–Crippen LogP) is 4.04. The zero-order chi connectivity index (χ0) is 14.2. The highest BCUT2D eigenvalue weighted by Crippen LogP contribution is 2.34. The van der Waals surface area contributed by atoms with Crippen molar-refractivity contribution in [3.05, 3.63) is 45.7 Å². The van der Waals surface area contributed by atoms with Crippen molar-refractivity contribution < 1.29 is 8.42 Å². The molecule has 0 aliphatic carbocycles. The van der Waals surface area contributed by atoms with E-state index in [1.807, 2.05) is 24.3 Å². The molecule has 1 aromatic carbocycles. The highest BCUT2D eigenvalue weighted by Gasteiger charge is 2.28. The van der Waals surface area contributed by atoms with Crippen LogP contribution in [0.15, 0.2) is 44.4 Å². The number of fused-ring (bicyclic) bond motifs is 1. The highest BCUT2D eigenvalue weighted by atomic mass is 79.9. The van der Waals surface area contributed by atoms with Gasteiger partial charge in [0.15, 0.2) is 0 Å². The topological polar surface area (TPSA) is 37.4 Å². The summed E-state index contributed by atoms with van der Waals surface area (Å²) in [4.78, 5) is 0. The molecule has 0 unspecified atom stereocenters. The van der Waals surface area contributed by atoms with Gasteiger partial charge in [0.1, 0.15) is 4.21 Å². The number of sulfonamides is 1. The maximum atomic E-state index is 12.8. The van der Waals surface area contributed by atoms with Gasteiger partial charge in [-0.3, -0.25) is 4.31 Å². The van der Waals surface area contributed by atoms with Gasteiger partial charge in [0.05, 0.1) is 9.47 Å². The van der Waals surface area contributed by atoms with Gasteiger partial charge in [0.25, 0.3) is 10.0 Å². The molecule has 0 saturated carbocycles. The molecule has 0 fully saturated rings. The Labute approximate surface area is 131 Å². The smallest absolute Gasteiger partial charge is 0.265 e. The molecule has 20 heavy (non-hydrogen) atoms. The van der Waals surface area contributed by atoms with Crippen molar-refractivity contribution in [3.8, 4) is 0 Å². The lowest BCUT2D eigenvalue weighted by atomic mass is 10.1. The fourth-order valence-electron chi connectivity index (χ4n) is 2.45. The monoisotopic (exact) mass is 371 g/mol. The quantitative estimate of drug-likeness (QED) is 0.798. The molecular weight excluding hydrogens is 358 g/mol. The molecule has 1 aliphatic heterocycles. The third-order valence-electron chi connectivity index (χ3n) is 3.41. The molecule has 2 heterocycles. The standard InChI is InChI=1S/C14H14BrNO2S2/c15-13-8-9-14(19-13)20(17,18)16-10-4-3-6-11-5-1-2-7-12(11)16/h1-2,5,7-9H,3-4,6,10H2. The third kappa shape index (κ3) is 2.52. The number of para-hydroxylation sites is 1. The molecule has 6 heteroatoms. The van der Waals surface area contributed by atoms with Crippen LogP contribution >= 0.6 is 27.3 Å². The van der Waals surface area contributed by atoms with E-state index >= 15 is 0 Å². The lowest BCUT2D eigenvalue weighted by molar-refractivity contribution is 0.591. The molecule has 3 nitrogen and oxygen atoms in total. The first-order valence-corrected chi connectivity index (χ1v) is 9.50. The van der Waals surface area contributed by atoms with E-state index in [4.69, 9.17) is 0 Å². The molecular formula is C14H14BrNO2S2. The number of thiophene rings is 1. The number of hydrogen-bond acceptors (Lipinski definition) is 3. The van der Waals surface area contributed by atoms with Gasteiger partial charge in [-0.15, -0.1) is 11.3 Å². The van der Waals surface area contributed by atoms with Crippen molar-refractivity contribution in [2.45, 2.75) is 23.5 Å². The number of hydrogen-bond donors (Lipinski definition) is 0. The van der Waals surface area contributed by atoms with Gasteiger partial charge in [-0.2, -0.15) is 0 Å². The van der Waals surface area contributed by atoms with E-state index < -0.39 is 10.0 Å². The highest BCUT2D eigenvalue weighted by molar-refractivity contribution is 9.11. The maximum Gasteiger partial charge on any atom is 0.273 e. The summed E-state index contributed by atoms with van der Waals surface area (Å²) in [6, 6.07) is 11.2. The van der Waals surface area contributed by atoms with E-state index in [0.29, 0.717) is 10.8 Å². The summed E-state index contributed by atoms with van der Waals surface area (Å²) < 4.78 is 28.4. The lowest BCUT2D eigenvalue weighted by Crippen LogP contribution is -2.31. The molecule has 106 valence electrons. The Balaban J connectivity index is 2.09. The number of rotatable bonds is 2. The van der Waals surface area contributed by atoms with Crippen LogP contribution in [0.5, 0.6) is 0 Å². The van der Waals surface area contributed by atoms with Crippen molar-refractivity contribution in [1.82, 2.24) is 0 Å². The van der Waals surface area contributed by atoms with Crippen molar-refractivity contribution >= 4 is 43.0 Å². The van der Waals surface area contributed by atoms with Gasteiger partial charge >= 0.3 is 0 Å². The molecule has 2 aromatic rings. The number of nitrogens with zero attached hydrogens (tertiary/aromatic N) is 1. The van der Waals surface area contributed by atoms with E-state index in [1.54, 1.807) is 16.4 Å². The minimum Gasteiger partial charge on any atom is -0.265 e. The summed E-state index contributed by atoms with van der Waals surface area (Å²) in [5, 5.41) is 0. The minimum atomic E-state index is -3.46. The van der Waals surface area contributed by atoms with Crippen LogP contribution in [0.2, 0.25) is 0 Å². The van der Waals surface area contributed by atoms with Crippen molar-refractivity contribution in [3.63, 3.8) is 0 Å². The summed E-state index contributed by atoms with van der Waals surface area (Å²) in [6.07, 6.45) is 2.86. The third-order valence-corrected chi connectivity index (χ3v) is 7.31. The lowest BCUT2D eigenvalue weighted by Gasteiger charge is -2.23. The van der Waals surface area contributed by atoms with E-state index in [9.17, 15) is 8.42 Å². The second-order valence-corrected chi connectivity index (χ2v) is 9.27. The van der Waals surface area contributed by atoms with Gasteiger partial charge in [-0.1, -0.05) is 18.2 Å². The second-order valence-electron chi connectivity index (χ2n) is 4.72. The molecule has 1 aliphatic rings. The number of benzene rings is 1. The fraction of sp³-hybridized carbons (Fsp3) is 0.286. The van der Waals surface area contributed by atoms with Crippen LogP contribution in [-0.4, -0.2) is 15.0 Å². The molecule has 3 rings (SSSR count). The SMILES string of the molecule is O=S(=O)(c1ccc(Br)s1)N1CCCCc2ccccc21. The Morgan fingerprint density at radius 1 is 1.10 bits per heavy atom. The number of aryl methyl sites for hydroxylation is 1. The molecule has 0 bridgehead atoms. The van der Waals surface area contributed by atoms with Crippen LogP contribution in [0.25, 0.3) is 0 Å². The van der Waals surface area contributed by atoms with E-state index in [1.165, 1.54) is 11.3 Å². The molecule has 0 radical (unpaired) electrons. The van der Waals surface area contributed by atoms with Gasteiger partial charge in [-0.25, -0.2) is 8.42 Å². The summed E-state index contributed by atoms with van der Waals surface area (Å²) in [7, 11) is -3.46.